The number of hydrogen-bond acceptors (Lipinski definition) is 6. The Morgan fingerprint density at radius 2 is 1.85 bits per heavy atom. The van der Waals surface area contributed by atoms with E-state index in [0.29, 0.717) is 36.9 Å². The van der Waals surface area contributed by atoms with Crippen LogP contribution in [0.5, 0.6) is 0 Å². The Bertz CT molecular complexity index is 1220. The summed E-state index contributed by atoms with van der Waals surface area (Å²) in [6, 6.07) is 13.3. The zero-order valence-electron chi connectivity index (χ0n) is 17.7. The van der Waals surface area contributed by atoms with Gasteiger partial charge < -0.3 is 15.0 Å². The first-order chi connectivity index (χ1) is 15.9. The van der Waals surface area contributed by atoms with Crippen LogP contribution >= 0.6 is 22.9 Å². The minimum atomic E-state index is -0.582. The van der Waals surface area contributed by atoms with E-state index >= 15 is 0 Å². The molecule has 0 saturated carbocycles. The number of nitro benzene ring substituents is 1. The summed E-state index contributed by atoms with van der Waals surface area (Å²) in [5.41, 5.74) is 2.00. The minimum Gasteiger partial charge on any atom is -0.378 e. The highest BCUT2D eigenvalue weighted by atomic mass is 35.5. The number of nitrogens with zero attached hydrogens (tertiary/aromatic N) is 2. The first-order valence-electron chi connectivity index (χ1n) is 10.2. The number of carbonyl (C=O) groups excluding carboxylic acids is 2. The zero-order valence-corrected chi connectivity index (χ0v) is 19.2. The van der Waals surface area contributed by atoms with Crippen molar-refractivity contribution in [1.82, 2.24) is 4.90 Å². The highest BCUT2D eigenvalue weighted by molar-refractivity contribution is 7.20. The van der Waals surface area contributed by atoms with Crippen molar-refractivity contribution in [3.05, 3.63) is 80.4 Å². The molecular weight excluding hydrogens is 466 g/mol. The molecule has 0 aliphatic carbocycles. The fourth-order valence-corrected chi connectivity index (χ4v) is 5.08. The molecular formula is C23H20ClN3O5S. The molecule has 0 radical (unpaired) electrons. The number of nitro groups is 1. The average Bonchev–Trinajstić information content (AvgIpc) is 3.14. The SMILES string of the molecule is Cc1c(-c2ccccc2)sc(NC(=O)c2ccc([N+](=O)[O-])cc2Cl)c1C(=O)N1CCOCC1. The Hall–Kier alpha value is -3.27. The van der Waals surface area contributed by atoms with Crippen molar-refractivity contribution in [2.75, 3.05) is 31.6 Å². The van der Waals surface area contributed by atoms with E-state index in [1.165, 1.54) is 23.5 Å². The van der Waals surface area contributed by atoms with Crippen molar-refractivity contribution < 1.29 is 19.2 Å². The molecule has 33 heavy (non-hydrogen) atoms. The molecule has 4 rings (SSSR count). The topological polar surface area (TPSA) is 102 Å². The maximum absolute atomic E-state index is 13.4. The van der Waals surface area contributed by atoms with E-state index in [-0.39, 0.29) is 22.2 Å². The molecule has 0 atom stereocenters. The second-order valence-electron chi connectivity index (χ2n) is 7.41. The van der Waals surface area contributed by atoms with Gasteiger partial charge in [-0.05, 0) is 24.1 Å². The molecule has 1 aliphatic heterocycles. The number of carbonyl (C=O) groups is 2. The maximum Gasteiger partial charge on any atom is 0.270 e. The van der Waals surface area contributed by atoms with Crippen molar-refractivity contribution in [2.45, 2.75) is 6.92 Å². The van der Waals surface area contributed by atoms with Gasteiger partial charge >= 0.3 is 0 Å². The van der Waals surface area contributed by atoms with Crippen LogP contribution in [0.4, 0.5) is 10.7 Å². The van der Waals surface area contributed by atoms with Crippen LogP contribution in [0.25, 0.3) is 10.4 Å². The van der Waals surface area contributed by atoms with Crippen molar-refractivity contribution in [3.8, 4) is 10.4 Å². The number of anilines is 1. The number of ether oxygens (including phenoxy) is 1. The van der Waals surface area contributed by atoms with Gasteiger partial charge in [0.25, 0.3) is 17.5 Å². The highest BCUT2D eigenvalue weighted by Crippen LogP contribution is 2.41. The smallest absolute Gasteiger partial charge is 0.270 e. The third-order valence-corrected chi connectivity index (χ3v) is 6.90. The van der Waals surface area contributed by atoms with Gasteiger partial charge in [0.2, 0.25) is 0 Å². The van der Waals surface area contributed by atoms with Gasteiger partial charge in [-0.1, -0.05) is 41.9 Å². The number of halogens is 1. The summed E-state index contributed by atoms with van der Waals surface area (Å²) in [4.78, 5) is 39.4. The van der Waals surface area contributed by atoms with Crippen LogP contribution in [0.15, 0.2) is 48.5 Å². The zero-order chi connectivity index (χ0) is 23.5. The van der Waals surface area contributed by atoms with Gasteiger partial charge in [-0.2, -0.15) is 0 Å². The Kier molecular flexibility index (Phi) is 6.73. The lowest BCUT2D eigenvalue weighted by Gasteiger charge is -2.27. The van der Waals surface area contributed by atoms with Crippen molar-refractivity contribution in [3.63, 3.8) is 0 Å². The third-order valence-electron chi connectivity index (χ3n) is 5.33. The molecule has 1 aliphatic rings. The molecule has 0 spiro atoms. The number of rotatable bonds is 5. The van der Waals surface area contributed by atoms with E-state index in [4.69, 9.17) is 16.3 Å². The first kappa shape index (κ1) is 22.9. The van der Waals surface area contributed by atoms with Crippen LogP contribution in [0.2, 0.25) is 5.02 Å². The summed E-state index contributed by atoms with van der Waals surface area (Å²) in [6.07, 6.45) is 0. The van der Waals surface area contributed by atoms with Gasteiger partial charge in [0, 0.05) is 30.1 Å². The molecule has 1 N–H and O–H groups in total. The lowest BCUT2D eigenvalue weighted by Crippen LogP contribution is -2.41. The fourth-order valence-electron chi connectivity index (χ4n) is 3.62. The Labute approximate surface area is 198 Å². The molecule has 1 fully saturated rings. The molecule has 1 saturated heterocycles. The Balaban J connectivity index is 1.72. The molecule has 2 heterocycles. The van der Waals surface area contributed by atoms with Gasteiger partial charge in [-0.25, -0.2) is 0 Å². The Morgan fingerprint density at radius 3 is 2.48 bits per heavy atom. The van der Waals surface area contributed by atoms with Crippen LogP contribution in [0.3, 0.4) is 0 Å². The van der Waals surface area contributed by atoms with Gasteiger partial charge in [0.15, 0.2) is 0 Å². The number of amides is 2. The van der Waals surface area contributed by atoms with E-state index in [1.54, 1.807) is 4.90 Å². The second kappa shape index (κ2) is 9.70. The second-order valence-corrected chi connectivity index (χ2v) is 8.83. The summed E-state index contributed by atoms with van der Waals surface area (Å²) >= 11 is 7.45. The van der Waals surface area contributed by atoms with E-state index in [0.717, 1.165) is 22.1 Å². The predicted octanol–water partition coefficient (Wildman–Crippen LogP) is 5.01. The van der Waals surface area contributed by atoms with Crippen molar-refractivity contribution in [2.24, 2.45) is 0 Å². The van der Waals surface area contributed by atoms with Gasteiger partial charge in [-0.15, -0.1) is 11.3 Å². The molecule has 1 aromatic heterocycles. The largest absolute Gasteiger partial charge is 0.378 e. The third kappa shape index (κ3) is 4.75. The van der Waals surface area contributed by atoms with Gasteiger partial charge in [-0.3, -0.25) is 19.7 Å². The van der Waals surface area contributed by atoms with Crippen molar-refractivity contribution in [1.29, 1.82) is 0 Å². The van der Waals surface area contributed by atoms with E-state index < -0.39 is 10.8 Å². The Morgan fingerprint density at radius 1 is 1.15 bits per heavy atom. The number of morpholine rings is 1. The van der Waals surface area contributed by atoms with Crippen LogP contribution in [-0.2, 0) is 4.74 Å². The molecule has 2 amide bonds. The molecule has 8 nitrogen and oxygen atoms in total. The number of thiophene rings is 1. The normalized spacial score (nSPS) is 13.6. The lowest BCUT2D eigenvalue weighted by molar-refractivity contribution is -0.384. The van der Waals surface area contributed by atoms with Crippen molar-refractivity contribution >= 4 is 45.4 Å². The predicted molar refractivity (Wildman–Crippen MR) is 127 cm³/mol. The number of benzene rings is 2. The maximum atomic E-state index is 13.4. The summed E-state index contributed by atoms with van der Waals surface area (Å²) in [5.74, 6) is -0.730. The van der Waals surface area contributed by atoms with Crippen LogP contribution in [0.1, 0.15) is 26.3 Å². The molecule has 10 heteroatoms. The number of hydrogen-bond donors (Lipinski definition) is 1. The van der Waals surface area contributed by atoms with E-state index in [1.807, 2.05) is 37.3 Å². The standard InChI is InChI=1S/C23H20ClN3O5S/c1-14-19(23(29)26-9-11-32-12-10-26)22(33-20(14)15-5-3-2-4-6-15)25-21(28)17-8-7-16(27(30)31)13-18(17)24/h2-8,13H,9-12H2,1H3,(H,25,28). The quantitative estimate of drug-likeness (QED) is 0.404. The molecule has 0 bridgehead atoms. The molecule has 2 aromatic carbocycles. The van der Waals surface area contributed by atoms with Crippen LogP contribution in [0, 0.1) is 17.0 Å². The summed E-state index contributed by atoms with van der Waals surface area (Å²) in [5, 5.41) is 14.1. The summed E-state index contributed by atoms with van der Waals surface area (Å²) in [6.45, 7) is 3.72. The number of nitrogens with one attached hydrogen (secondary N) is 1. The number of non-ortho nitro benzene ring substituents is 1. The van der Waals surface area contributed by atoms with Gasteiger partial charge in [0.05, 0.1) is 34.3 Å². The van der Waals surface area contributed by atoms with Gasteiger partial charge in [0.1, 0.15) is 5.00 Å². The van der Waals surface area contributed by atoms with E-state index in [2.05, 4.69) is 5.32 Å². The minimum absolute atomic E-state index is 0.0423. The molecule has 3 aromatic rings. The summed E-state index contributed by atoms with van der Waals surface area (Å²) in [7, 11) is 0. The first-order valence-corrected chi connectivity index (χ1v) is 11.4. The van der Waals surface area contributed by atoms with E-state index in [9.17, 15) is 19.7 Å². The molecule has 170 valence electrons. The summed E-state index contributed by atoms with van der Waals surface area (Å²) < 4.78 is 5.36. The van der Waals surface area contributed by atoms with Crippen LogP contribution < -0.4 is 5.32 Å². The molecule has 0 unspecified atom stereocenters. The fraction of sp³-hybridized carbons (Fsp3) is 0.217. The lowest BCUT2D eigenvalue weighted by atomic mass is 10.1. The average molecular weight is 486 g/mol. The highest BCUT2D eigenvalue weighted by Gasteiger charge is 2.28. The monoisotopic (exact) mass is 485 g/mol. The van der Waals surface area contributed by atoms with Crippen LogP contribution in [-0.4, -0.2) is 47.9 Å².